The van der Waals surface area contributed by atoms with E-state index in [-0.39, 0.29) is 12.5 Å². The van der Waals surface area contributed by atoms with Crippen molar-refractivity contribution in [1.29, 1.82) is 0 Å². The lowest BCUT2D eigenvalue weighted by Crippen LogP contribution is -2.55. The molecule has 1 N–H and O–H groups in total. The van der Waals surface area contributed by atoms with Gasteiger partial charge in [0.05, 0.1) is 31.6 Å². The van der Waals surface area contributed by atoms with Crippen molar-refractivity contribution in [3.63, 3.8) is 0 Å². The molecular weight excluding hydrogens is 384 g/mol. The minimum absolute atomic E-state index is 0.0326. The largest absolute Gasteiger partial charge is 0.490 e. The van der Waals surface area contributed by atoms with Gasteiger partial charge in [0, 0.05) is 44.9 Å². The van der Waals surface area contributed by atoms with Gasteiger partial charge in [-0.2, -0.15) is 5.10 Å². The van der Waals surface area contributed by atoms with Crippen molar-refractivity contribution in [2.24, 2.45) is 12.0 Å². The first-order valence-electron chi connectivity index (χ1n) is 10.4. The van der Waals surface area contributed by atoms with Crippen LogP contribution >= 0.6 is 0 Å². The van der Waals surface area contributed by atoms with Gasteiger partial charge in [-0.3, -0.25) is 9.48 Å². The standard InChI is InChI=1S/C21H28N6O3/c1-3-22-21(23-12-16-6-4-7-18-20(16)30-11-5-10-29-18)26-8-9-27(19(28)15-26)17-13-24-25(2)14-17/h4,6-7,13-14H,3,5,8-12,15H2,1-2H3,(H,22,23). The Kier molecular flexibility index (Phi) is 6.06. The molecule has 0 atom stereocenters. The van der Waals surface area contributed by atoms with Crippen LogP contribution in [0.25, 0.3) is 0 Å². The van der Waals surface area contributed by atoms with E-state index in [4.69, 9.17) is 14.5 Å². The molecule has 1 fully saturated rings. The second-order valence-electron chi connectivity index (χ2n) is 7.30. The third-order valence-corrected chi connectivity index (χ3v) is 5.11. The molecule has 0 radical (unpaired) electrons. The van der Waals surface area contributed by atoms with Crippen LogP contribution in [-0.2, 0) is 18.4 Å². The number of hydrogen-bond acceptors (Lipinski definition) is 5. The van der Waals surface area contributed by atoms with Gasteiger partial charge in [0.1, 0.15) is 6.54 Å². The first kappa shape index (κ1) is 20.1. The molecule has 0 saturated carbocycles. The summed E-state index contributed by atoms with van der Waals surface area (Å²) in [6.45, 7) is 6.05. The van der Waals surface area contributed by atoms with E-state index in [0.29, 0.717) is 32.8 Å². The van der Waals surface area contributed by atoms with Gasteiger partial charge in [0.15, 0.2) is 17.5 Å². The zero-order valence-electron chi connectivity index (χ0n) is 17.5. The van der Waals surface area contributed by atoms with Gasteiger partial charge in [-0.05, 0) is 13.0 Å². The molecule has 0 bridgehead atoms. The van der Waals surface area contributed by atoms with E-state index >= 15 is 0 Å². The third kappa shape index (κ3) is 4.34. The summed E-state index contributed by atoms with van der Waals surface area (Å²) < 4.78 is 13.4. The first-order valence-corrected chi connectivity index (χ1v) is 10.4. The number of nitrogens with one attached hydrogen (secondary N) is 1. The number of aliphatic imine (C=N–C) groups is 1. The van der Waals surface area contributed by atoms with Gasteiger partial charge in [-0.25, -0.2) is 4.99 Å². The summed E-state index contributed by atoms with van der Waals surface area (Å²) in [6, 6.07) is 5.89. The second kappa shape index (κ2) is 9.06. The molecule has 4 rings (SSSR count). The van der Waals surface area contributed by atoms with E-state index in [2.05, 4.69) is 10.4 Å². The molecule has 160 valence electrons. The predicted octanol–water partition coefficient (Wildman–Crippen LogP) is 1.40. The monoisotopic (exact) mass is 412 g/mol. The number of carbonyl (C=O) groups excluding carboxylic acids is 1. The summed E-state index contributed by atoms with van der Waals surface area (Å²) >= 11 is 0. The number of benzene rings is 1. The Labute approximate surface area is 176 Å². The van der Waals surface area contributed by atoms with Gasteiger partial charge in [0.25, 0.3) is 0 Å². The van der Waals surface area contributed by atoms with Crippen LogP contribution in [0.15, 0.2) is 35.6 Å². The van der Waals surface area contributed by atoms with Crippen molar-refractivity contribution in [2.45, 2.75) is 19.9 Å². The van der Waals surface area contributed by atoms with Crippen molar-refractivity contribution in [1.82, 2.24) is 20.0 Å². The molecule has 0 unspecified atom stereocenters. The minimum Gasteiger partial charge on any atom is -0.490 e. The van der Waals surface area contributed by atoms with Crippen LogP contribution in [0.3, 0.4) is 0 Å². The molecule has 2 aromatic rings. The van der Waals surface area contributed by atoms with Crippen LogP contribution in [0.4, 0.5) is 5.69 Å². The van der Waals surface area contributed by atoms with Gasteiger partial charge in [-0.15, -0.1) is 0 Å². The maximum atomic E-state index is 12.8. The zero-order chi connectivity index (χ0) is 20.9. The number of amides is 1. The fourth-order valence-corrected chi connectivity index (χ4v) is 3.64. The third-order valence-electron chi connectivity index (χ3n) is 5.11. The van der Waals surface area contributed by atoms with Crippen LogP contribution in [0.2, 0.25) is 0 Å². The lowest BCUT2D eigenvalue weighted by atomic mass is 10.2. The molecule has 0 aliphatic carbocycles. The van der Waals surface area contributed by atoms with Crippen molar-refractivity contribution >= 4 is 17.6 Å². The molecule has 9 heteroatoms. The molecule has 0 spiro atoms. The van der Waals surface area contributed by atoms with Gasteiger partial charge < -0.3 is 24.6 Å². The minimum atomic E-state index is 0.0326. The summed E-state index contributed by atoms with van der Waals surface area (Å²) in [6.07, 6.45) is 4.44. The maximum Gasteiger partial charge on any atom is 0.246 e. The number of piperazine rings is 1. The SMILES string of the molecule is CCNC(=NCc1cccc2c1OCCCO2)N1CCN(c2cnn(C)c2)C(=O)C1. The number of rotatable bonds is 4. The molecule has 2 aliphatic heterocycles. The number of aromatic nitrogens is 2. The Hall–Kier alpha value is -3.23. The number of anilines is 1. The maximum absolute atomic E-state index is 12.8. The number of carbonyl (C=O) groups is 1. The Bertz CT molecular complexity index is 925. The van der Waals surface area contributed by atoms with Crippen LogP contribution in [0.5, 0.6) is 11.5 Å². The normalized spacial score (nSPS) is 17.1. The number of aryl methyl sites for hydroxylation is 1. The van der Waals surface area contributed by atoms with Crippen molar-refractivity contribution in [3.05, 3.63) is 36.2 Å². The molecular formula is C21H28N6O3. The average molecular weight is 412 g/mol. The first-order chi connectivity index (χ1) is 14.7. The summed E-state index contributed by atoms with van der Waals surface area (Å²) in [4.78, 5) is 21.3. The highest BCUT2D eigenvalue weighted by atomic mass is 16.5. The van der Waals surface area contributed by atoms with E-state index < -0.39 is 0 Å². The number of para-hydroxylation sites is 1. The quantitative estimate of drug-likeness (QED) is 0.604. The molecule has 2 aliphatic rings. The van der Waals surface area contributed by atoms with E-state index in [9.17, 15) is 4.79 Å². The topological polar surface area (TPSA) is 84.2 Å². The lowest BCUT2D eigenvalue weighted by molar-refractivity contribution is -0.120. The fraction of sp³-hybridized carbons (Fsp3) is 0.476. The van der Waals surface area contributed by atoms with Gasteiger partial charge in [-0.1, -0.05) is 12.1 Å². The molecule has 9 nitrogen and oxygen atoms in total. The van der Waals surface area contributed by atoms with Gasteiger partial charge >= 0.3 is 0 Å². The van der Waals surface area contributed by atoms with Crippen LogP contribution in [-0.4, -0.2) is 65.9 Å². The molecule has 3 heterocycles. The smallest absolute Gasteiger partial charge is 0.246 e. The highest BCUT2D eigenvalue weighted by Crippen LogP contribution is 2.33. The van der Waals surface area contributed by atoms with E-state index in [0.717, 1.165) is 41.7 Å². The van der Waals surface area contributed by atoms with Crippen LogP contribution in [0, 0.1) is 0 Å². The number of hydrogen-bond donors (Lipinski definition) is 1. The van der Waals surface area contributed by atoms with Crippen LogP contribution in [0.1, 0.15) is 18.9 Å². The summed E-state index contributed by atoms with van der Waals surface area (Å²) in [5.74, 6) is 2.30. The highest BCUT2D eigenvalue weighted by molar-refractivity contribution is 5.98. The lowest BCUT2D eigenvalue weighted by Gasteiger charge is -2.35. The zero-order valence-corrected chi connectivity index (χ0v) is 17.5. The van der Waals surface area contributed by atoms with E-state index in [1.54, 1.807) is 15.8 Å². The number of fused-ring (bicyclic) bond motifs is 1. The average Bonchev–Trinajstić information content (AvgIpc) is 3.03. The Morgan fingerprint density at radius 3 is 2.90 bits per heavy atom. The number of ether oxygens (including phenoxy) is 2. The number of guanidine groups is 1. The van der Waals surface area contributed by atoms with Crippen molar-refractivity contribution < 1.29 is 14.3 Å². The van der Waals surface area contributed by atoms with Crippen LogP contribution < -0.4 is 19.7 Å². The molecule has 1 saturated heterocycles. The predicted molar refractivity (Wildman–Crippen MR) is 114 cm³/mol. The Morgan fingerprint density at radius 2 is 2.13 bits per heavy atom. The number of nitrogens with zero attached hydrogens (tertiary/aromatic N) is 5. The molecule has 30 heavy (non-hydrogen) atoms. The van der Waals surface area contributed by atoms with Gasteiger partial charge in [0.2, 0.25) is 5.91 Å². The molecule has 1 aromatic heterocycles. The van der Waals surface area contributed by atoms with Crippen molar-refractivity contribution in [2.75, 3.05) is 44.3 Å². The summed E-state index contributed by atoms with van der Waals surface area (Å²) in [5, 5.41) is 7.48. The highest BCUT2D eigenvalue weighted by Gasteiger charge is 2.27. The van der Waals surface area contributed by atoms with E-state index in [1.807, 2.05) is 43.3 Å². The summed E-state index contributed by atoms with van der Waals surface area (Å²) in [7, 11) is 1.85. The van der Waals surface area contributed by atoms with E-state index in [1.165, 1.54) is 0 Å². The summed E-state index contributed by atoms with van der Waals surface area (Å²) in [5.41, 5.74) is 1.80. The fourth-order valence-electron chi connectivity index (χ4n) is 3.64. The second-order valence-corrected chi connectivity index (χ2v) is 7.30. The van der Waals surface area contributed by atoms with Crippen molar-refractivity contribution in [3.8, 4) is 11.5 Å². The Balaban J connectivity index is 1.48. The Morgan fingerprint density at radius 1 is 1.27 bits per heavy atom. The molecule has 1 aromatic carbocycles. The molecule has 1 amide bonds.